The van der Waals surface area contributed by atoms with Crippen LogP contribution in [0.2, 0.25) is 0 Å². The molecular weight excluding hydrogens is 405 g/mol. The molecule has 2 unspecified atom stereocenters. The van der Waals surface area contributed by atoms with E-state index in [1.165, 1.54) is 29.8 Å². The molecule has 2 aromatic rings. The molecule has 2 atom stereocenters. The average Bonchev–Trinajstić information content (AvgIpc) is 3.07. The molecule has 5 nitrogen and oxygen atoms in total. The van der Waals surface area contributed by atoms with Gasteiger partial charge in [-0.1, -0.05) is 38.1 Å². The van der Waals surface area contributed by atoms with Crippen LogP contribution in [0.25, 0.3) is 0 Å². The molecule has 1 saturated heterocycles. The number of hydrogen-bond acceptors (Lipinski definition) is 5. The van der Waals surface area contributed by atoms with Gasteiger partial charge in [-0.3, -0.25) is 4.90 Å². The highest BCUT2D eigenvalue weighted by Gasteiger charge is 2.33. The molecule has 2 aromatic carbocycles. The molecule has 164 valence electrons. The Morgan fingerprint density at radius 2 is 1.80 bits per heavy atom. The summed E-state index contributed by atoms with van der Waals surface area (Å²) in [6.45, 7) is 5.19. The fourth-order valence-corrected chi connectivity index (χ4v) is 5.46. The summed E-state index contributed by atoms with van der Waals surface area (Å²) < 4.78 is 42.6. The van der Waals surface area contributed by atoms with E-state index in [1.807, 2.05) is 4.90 Å². The van der Waals surface area contributed by atoms with Crippen LogP contribution >= 0.6 is 0 Å². The first-order valence-corrected chi connectivity index (χ1v) is 12.1. The molecule has 0 bridgehead atoms. The van der Waals surface area contributed by atoms with E-state index in [-0.39, 0.29) is 30.0 Å². The zero-order valence-electron chi connectivity index (χ0n) is 17.5. The third-order valence-electron chi connectivity index (χ3n) is 5.46. The Hall–Kier alpha value is -1.96. The third-order valence-corrected chi connectivity index (χ3v) is 7.21. The quantitative estimate of drug-likeness (QED) is 0.654. The molecule has 0 saturated carbocycles. The minimum Gasteiger partial charge on any atom is -0.491 e. The van der Waals surface area contributed by atoms with Gasteiger partial charge in [-0.2, -0.15) is 0 Å². The molecule has 1 fully saturated rings. The lowest BCUT2D eigenvalue weighted by Gasteiger charge is -2.30. The number of halogens is 1. The van der Waals surface area contributed by atoms with Gasteiger partial charge in [0.2, 0.25) is 0 Å². The minimum absolute atomic E-state index is 0.0495. The Morgan fingerprint density at radius 3 is 2.37 bits per heavy atom. The normalized spacial score (nSPS) is 19.3. The number of ether oxygens (including phenoxy) is 1. The fraction of sp³-hybridized carbons (Fsp3) is 0.478. The van der Waals surface area contributed by atoms with E-state index in [1.54, 1.807) is 0 Å². The number of rotatable bonds is 9. The lowest BCUT2D eigenvalue weighted by Crippen LogP contribution is -2.42. The summed E-state index contributed by atoms with van der Waals surface area (Å²) in [4.78, 5) is 2.04. The van der Waals surface area contributed by atoms with Crippen molar-refractivity contribution < 1.29 is 22.7 Å². The van der Waals surface area contributed by atoms with Crippen molar-refractivity contribution in [3.8, 4) is 5.75 Å². The van der Waals surface area contributed by atoms with Crippen molar-refractivity contribution in [2.45, 2.75) is 44.9 Å². The Morgan fingerprint density at radius 1 is 1.13 bits per heavy atom. The van der Waals surface area contributed by atoms with Gasteiger partial charge in [-0.25, -0.2) is 12.8 Å². The molecule has 0 aliphatic carbocycles. The highest BCUT2D eigenvalue weighted by molar-refractivity contribution is 7.91. The molecule has 0 radical (unpaired) electrons. The Labute approximate surface area is 178 Å². The van der Waals surface area contributed by atoms with Crippen LogP contribution in [-0.2, 0) is 16.4 Å². The van der Waals surface area contributed by atoms with Gasteiger partial charge >= 0.3 is 0 Å². The molecule has 0 amide bonds. The highest BCUT2D eigenvalue weighted by Crippen LogP contribution is 2.22. The second-order valence-corrected chi connectivity index (χ2v) is 10.5. The van der Waals surface area contributed by atoms with E-state index in [9.17, 15) is 17.9 Å². The molecule has 3 rings (SSSR count). The van der Waals surface area contributed by atoms with Gasteiger partial charge in [-0.15, -0.1) is 0 Å². The van der Waals surface area contributed by atoms with Crippen LogP contribution in [0, 0.1) is 5.82 Å². The monoisotopic (exact) mass is 435 g/mol. The smallest absolute Gasteiger partial charge is 0.151 e. The zero-order chi connectivity index (χ0) is 21.7. The van der Waals surface area contributed by atoms with E-state index >= 15 is 0 Å². The number of benzene rings is 2. The van der Waals surface area contributed by atoms with Crippen molar-refractivity contribution in [2.75, 3.05) is 24.7 Å². The Bertz CT molecular complexity index is 913. The third kappa shape index (κ3) is 6.52. The summed E-state index contributed by atoms with van der Waals surface area (Å²) in [5.41, 5.74) is 2.33. The van der Waals surface area contributed by atoms with Crippen LogP contribution in [-0.4, -0.2) is 55.2 Å². The lowest BCUT2D eigenvalue weighted by atomic mass is 10.0. The van der Waals surface area contributed by atoms with Crippen molar-refractivity contribution in [1.82, 2.24) is 4.90 Å². The molecule has 7 heteroatoms. The van der Waals surface area contributed by atoms with E-state index in [4.69, 9.17) is 4.74 Å². The first-order valence-electron chi connectivity index (χ1n) is 10.3. The number of aliphatic hydroxyl groups excluding tert-OH is 1. The van der Waals surface area contributed by atoms with Gasteiger partial charge in [0, 0.05) is 19.1 Å². The second-order valence-electron chi connectivity index (χ2n) is 8.30. The summed E-state index contributed by atoms with van der Waals surface area (Å²) in [5, 5.41) is 10.5. The van der Waals surface area contributed by atoms with Gasteiger partial charge in [-0.05, 0) is 47.7 Å². The summed E-state index contributed by atoms with van der Waals surface area (Å²) in [6, 6.07) is 13.8. The summed E-state index contributed by atoms with van der Waals surface area (Å²) in [5.74, 6) is 0.876. The average molecular weight is 436 g/mol. The van der Waals surface area contributed by atoms with Crippen molar-refractivity contribution >= 4 is 9.84 Å². The first-order chi connectivity index (χ1) is 14.2. The van der Waals surface area contributed by atoms with E-state index in [0.717, 1.165) is 5.56 Å². The van der Waals surface area contributed by atoms with E-state index < -0.39 is 15.9 Å². The number of hydrogen-bond donors (Lipinski definition) is 1. The maximum absolute atomic E-state index is 13.0. The van der Waals surface area contributed by atoms with E-state index in [0.29, 0.717) is 31.2 Å². The lowest BCUT2D eigenvalue weighted by molar-refractivity contribution is 0.0524. The van der Waals surface area contributed by atoms with Crippen LogP contribution < -0.4 is 4.74 Å². The summed E-state index contributed by atoms with van der Waals surface area (Å²) in [7, 11) is -3.04. The number of aliphatic hydroxyl groups is 1. The SMILES string of the molecule is CC(C)c1ccc(CN(CC(O)COc2ccc(F)cc2)C2CCS(=O)(=O)C2)cc1. The van der Waals surface area contributed by atoms with Crippen LogP contribution in [0.1, 0.15) is 37.3 Å². The highest BCUT2D eigenvalue weighted by atomic mass is 32.2. The fourth-order valence-electron chi connectivity index (χ4n) is 3.70. The summed E-state index contributed by atoms with van der Waals surface area (Å²) >= 11 is 0. The molecule has 0 spiro atoms. The van der Waals surface area contributed by atoms with Crippen LogP contribution in [0.4, 0.5) is 4.39 Å². The van der Waals surface area contributed by atoms with Crippen molar-refractivity contribution in [1.29, 1.82) is 0 Å². The van der Waals surface area contributed by atoms with Gasteiger partial charge in [0.15, 0.2) is 9.84 Å². The largest absolute Gasteiger partial charge is 0.491 e. The zero-order valence-corrected chi connectivity index (χ0v) is 18.3. The van der Waals surface area contributed by atoms with Crippen LogP contribution in [0.15, 0.2) is 48.5 Å². The first kappa shape index (κ1) is 22.7. The van der Waals surface area contributed by atoms with E-state index in [2.05, 4.69) is 38.1 Å². The second kappa shape index (κ2) is 9.90. The predicted octanol–water partition coefficient (Wildman–Crippen LogP) is 3.38. The number of nitrogens with zero attached hydrogens (tertiary/aromatic N) is 1. The minimum atomic E-state index is -3.04. The standard InChI is InChI=1S/C23H30FNO4S/c1-17(2)19-5-3-18(4-6-19)13-25(21-11-12-30(27,28)16-21)14-22(26)15-29-23-9-7-20(24)8-10-23/h3-10,17,21-22,26H,11-16H2,1-2H3. The van der Waals surface area contributed by atoms with Gasteiger partial charge in [0.1, 0.15) is 24.3 Å². The Kier molecular flexibility index (Phi) is 7.50. The van der Waals surface area contributed by atoms with Crippen LogP contribution in [0.5, 0.6) is 5.75 Å². The topological polar surface area (TPSA) is 66.8 Å². The van der Waals surface area contributed by atoms with Crippen LogP contribution in [0.3, 0.4) is 0 Å². The number of sulfone groups is 1. The molecule has 0 aromatic heterocycles. The van der Waals surface area contributed by atoms with Crippen molar-refractivity contribution in [3.05, 3.63) is 65.5 Å². The molecule has 1 aliphatic rings. The van der Waals surface area contributed by atoms with Crippen molar-refractivity contribution in [2.24, 2.45) is 0 Å². The predicted molar refractivity (Wildman–Crippen MR) is 116 cm³/mol. The molecule has 1 aliphatic heterocycles. The van der Waals surface area contributed by atoms with Crippen molar-refractivity contribution in [3.63, 3.8) is 0 Å². The molecule has 1 heterocycles. The molecule has 1 N–H and O–H groups in total. The van der Waals surface area contributed by atoms with Gasteiger partial charge < -0.3 is 9.84 Å². The maximum atomic E-state index is 13.0. The van der Waals surface area contributed by atoms with Gasteiger partial charge in [0.05, 0.1) is 11.5 Å². The summed E-state index contributed by atoms with van der Waals surface area (Å²) in [6.07, 6.45) is -0.230. The Balaban J connectivity index is 1.65. The molecular formula is C23H30FNO4S. The maximum Gasteiger partial charge on any atom is 0.151 e. The van der Waals surface area contributed by atoms with Gasteiger partial charge in [0.25, 0.3) is 0 Å². The molecule has 30 heavy (non-hydrogen) atoms.